The second-order valence-electron chi connectivity index (χ2n) is 8.67. The maximum atomic E-state index is 13.7. The van der Waals surface area contributed by atoms with Gasteiger partial charge in [0.15, 0.2) is 11.2 Å². The van der Waals surface area contributed by atoms with Crippen molar-refractivity contribution in [3.63, 3.8) is 0 Å². The molecule has 0 amide bonds. The first kappa shape index (κ1) is 22.4. The van der Waals surface area contributed by atoms with Gasteiger partial charge in [-0.15, -0.1) is 5.92 Å². The largest absolute Gasteiger partial charge is 0.342 e. The Kier molecular flexibility index (Phi) is 5.84. The van der Waals surface area contributed by atoms with Gasteiger partial charge < -0.3 is 4.90 Å². The lowest BCUT2D eigenvalue weighted by Gasteiger charge is -2.27. The summed E-state index contributed by atoms with van der Waals surface area (Å²) < 4.78 is 4.40. The number of rotatable bonds is 4. The lowest BCUT2D eigenvalue weighted by molar-refractivity contribution is 0.561. The molecular weight excluding hydrogens is 442 g/mol. The predicted octanol–water partition coefficient (Wildman–Crippen LogP) is 2.38. The molecule has 0 saturated carbocycles. The molecule has 1 aromatic carbocycles. The molecule has 3 aromatic heterocycles. The van der Waals surface area contributed by atoms with E-state index in [-0.39, 0.29) is 12.2 Å². The van der Waals surface area contributed by atoms with Gasteiger partial charge in [0.05, 0.1) is 18.8 Å². The number of pyridine rings is 1. The minimum absolute atomic E-state index is 0.0509. The van der Waals surface area contributed by atoms with E-state index < -0.39 is 11.2 Å². The van der Waals surface area contributed by atoms with Crippen LogP contribution in [0.3, 0.4) is 0 Å². The van der Waals surface area contributed by atoms with E-state index in [1.165, 1.54) is 11.0 Å². The zero-order chi connectivity index (χ0) is 24.5. The van der Waals surface area contributed by atoms with Gasteiger partial charge in [-0.3, -0.25) is 18.5 Å². The highest BCUT2D eigenvalue weighted by atomic mass is 16.2. The smallest absolute Gasteiger partial charge is 0.332 e. The highest BCUT2D eigenvalue weighted by Gasteiger charge is 2.24. The van der Waals surface area contributed by atoms with E-state index in [0.717, 1.165) is 41.3 Å². The van der Waals surface area contributed by atoms with Gasteiger partial charge in [-0.2, -0.15) is 10.2 Å². The summed E-state index contributed by atoms with van der Waals surface area (Å²) in [7, 11) is 1.62. The van der Waals surface area contributed by atoms with Gasteiger partial charge in [-0.1, -0.05) is 30.2 Å². The second kappa shape index (κ2) is 9.11. The van der Waals surface area contributed by atoms with Crippen LogP contribution in [0, 0.1) is 23.2 Å². The van der Waals surface area contributed by atoms with E-state index in [0.29, 0.717) is 29.4 Å². The number of hydrogen-bond acceptors (Lipinski definition) is 6. The van der Waals surface area contributed by atoms with Crippen molar-refractivity contribution in [3.05, 3.63) is 62.6 Å². The Bertz CT molecular complexity index is 1670. The van der Waals surface area contributed by atoms with Gasteiger partial charge in [0, 0.05) is 25.5 Å². The molecule has 0 spiro atoms. The number of fused-ring (bicyclic) bond motifs is 2. The summed E-state index contributed by atoms with van der Waals surface area (Å²) in [5.74, 6) is 6.61. The molecule has 35 heavy (non-hydrogen) atoms. The maximum absolute atomic E-state index is 13.7. The van der Waals surface area contributed by atoms with Crippen LogP contribution in [0.2, 0.25) is 0 Å². The van der Waals surface area contributed by atoms with Crippen LogP contribution in [0.5, 0.6) is 0 Å². The van der Waals surface area contributed by atoms with Crippen LogP contribution in [0.15, 0.2) is 39.9 Å². The molecule has 1 aliphatic heterocycles. The number of aromatic nitrogens is 5. The number of benzene rings is 1. The summed E-state index contributed by atoms with van der Waals surface area (Å²) in [6.45, 7) is 3.71. The summed E-state index contributed by atoms with van der Waals surface area (Å²) in [4.78, 5) is 38.4. The molecule has 176 valence electrons. The van der Waals surface area contributed by atoms with Crippen molar-refractivity contribution < 1.29 is 0 Å². The molecule has 0 N–H and O–H groups in total. The molecule has 0 bridgehead atoms. The van der Waals surface area contributed by atoms with Gasteiger partial charge >= 0.3 is 5.69 Å². The Hall–Kier alpha value is -4.37. The molecule has 1 aliphatic rings. The molecule has 1 saturated heterocycles. The molecule has 0 radical (unpaired) electrons. The molecule has 9 heteroatoms. The van der Waals surface area contributed by atoms with Crippen LogP contribution in [0.25, 0.3) is 21.9 Å². The van der Waals surface area contributed by atoms with Crippen molar-refractivity contribution in [2.75, 3.05) is 18.0 Å². The average molecular weight is 468 g/mol. The van der Waals surface area contributed by atoms with Crippen molar-refractivity contribution in [1.29, 1.82) is 5.26 Å². The van der Waals surface area contributed by atoms with E-state index in [2.05, 4.69) is 27.8 Å². The zero-order valence-electron chi connectivity index (χ0n) is 19.8. The second-order valence-corrected chi connectivity index (χ2v) is 8.67. The van der Waals surface area contributed by atoms with E-state index in [9.17, 15) is 14.9 Å². The standard InChI is InChI=1S/C26H25N7O2/c1-3-4-14-32-22-23(29-25(32)31-12-8-5-9-13-31)30(2)26(35)33(24(22)34)17-19-15-18-10-6-7-11-20(18)21(16-27)28-19/h6-7,10-11,15H,5,8-9,12-14,17H2,1-2H3. The Morgan fingerprint density at radius 1 is 1.06 bits per heavy atom. The lowest BCUT2D eigenvalue weighted by atomic mass is 10.1. The molecule has 5 rings (SSSR count). The quantitative estimate of drug-likeness (QED) is 0.427. The minimum atomic E-state index is -0.479. The number of nitriles is 1. The lowest BCUT2D eigenvalue weighted by Crippen LogP contribution is -2.40. The van der Waals surface area contributed by atoms with Gasteiger partial charge in [0.25, 0.3) is 5.56 Å². The topological polar surface area (TPSA) is 102 Å². The van der Waals surface area contributed by atoms with Crippen LogP contribution in [-0.4, -0.2) is 36.8 Å². The van der Waals surface area contributed by atoms with Crippen LogP contribution in [0.4, 0.5) is 5.95 Å². The van der Waals surface area contributed by atoms with E-state index in [4.69, 9.17) is 4.98 Å². The van der Waals surface area contributed by atoms with E-state index in [1.54, 1.807) is 14.0 Å². The van der Waals surface area contributed by atoms with Gasteiger partial charge in [0.1, 0.15) is 11.8 Å². The van der Waals surface area contributed by atoms with Crippen molar-refractivity contribution in [2.45, 2.75) is 39.3 Å². The van der Waals surface area contributed by atoms with Crippen molar-refractivity contribution in [3.8, 4) is 17.9 Å². The summed E-state index contributed by atoms with van der Waals surface area (Å²) in [5, 5.41) is 11.2. The molecule has 4 aromatic rings. The third-order valence-corrected chi connectivity index (χ3v) is 6.48. The fourth-order valence-corrected chi connectivity index (χ4v) is 4.73. The first-order valence-corrected chi connectivity index (χ1v) is 11.7. The number of hydrogen-bond donors (Lipinski definition) is 0. The first-order chi connectivity index (χ1) is 17.0. The molecule has 4 heterocycles. The zero-order valence-corrected chi connectivity index (χ0v) is 19.8. The van der Waals surface area contributed by atoms with E-state index in [1.807, 2.05) is 34.9 Å². The molecular formula is C26H25N7O2. The maximum Gasteiger partial charge on any atom is 0.332 e. The molecule has 0 unspecified atom stereocenters. The highest BCUT2D eigenvalue weighted by molar-refractivity contribution is 5.86. The Morgan fingerprint density at radius 3 is 2.57 bits per heavy atom. The summed E-state index contributed by atoms with van der Waals surface area (Å²) in [6, 6.07) is 11.4. The average Bonchev–Trinajstić information content (AvgIpc) is 3.28. The normalized spacial score (nSPS) is 13.6. The highest BCUT2D eigenvalue weighted by Crippen LogP contribution is 2.23. The predicted molar refractivity (Wildman–Crippen MR) is 134 cm³/mol. The first-order valence-electron chi connectivity index (χ1n) is 11.7. The number of nitrogens with zero attached hydrogens (tertiary/aromatic N) is 7. The summed E-state index contributed by atoms with van der Waals surface area (Å²) >= 11 is 0. The molecule has 1 fully saturated rings. The van der Waals surface area contributed by atoms with Gasteiger partial charge in [0.2, 0.25) is 5.95 Å². The molecule has 0 atom stereocenters. The third kappa shape index (κ3) is 3.85. The number of aryl methyl sites for hydroxylation is 1. The summed E-state index contributed by atoms with van der Waals surface area (Å²) in [6.07, 6.45) is 3.28. The number of imidazole rings is 1. The molecule has 9 nitrogen and oxygen atoms in total. The fourth-order valence-electron chi connectivity index (χ4n) is 4.73. The van der Waals surface area contributed by atoms with Gasteiger partial charge in [-0.05, 0) is 37.6 Å². The number of piperidine rings is 1. The third-order valence-electron chi connectivity index (χ3n) is 6.48. The Morgan fingerprint density at radius 2 is 1.83 bits per heavy atom. The van der Waals surface area contributed by atoms with Crippen molar-refractivity contribution in [2.24, 2.45) is 7.05 Å². The van der Waals surface area contributed by atoms with Crippen LogP contribution >= 0.6 is 0 Å². The number of anilines is 1. The van der Waals surface area contributed by atoms with Crippen LogP contribution in [0.1, 0.15) is 37.6 Å². The van der Waals surface area contributed by atoms with E-state index >= 15 is 0 Å². The van der Waals surface area contributed by atoms with Gasteiger partial charge in [-0.25, -0.2) is 9.78 Å². The summed E-state index contributed by atoms with van der Waals surface area (Å²) in [5.41, 5.74) is 0.502. The van der Waals surface area contributed by atoms with Crippen LogP contribution < -0.4 is 16.1 Å². The SMILES string of the molecule is CC#CCn1c(N2CCCCC2)nc2c1c(=O)n(Cc1cc3ccccc3c(C#N)n1)c(=O)n2C. The fraction of sp³-hybridized carbons (Fsp3) is 0.346. The van der Waals surface area contributed by atoms with Crippen molar-refractivity contribution in [1.82, 2.24) is 23.7 Å². The van der Waals surface area contributed by atoms with Crippen LogP contribution in [-0.2, 0) is 20.1 Å². The monoisotopic (exact) mass is 467 g/mol. The molecule has 0 aliphatic carbocycles. The Labute approximate surface area is 201 Å². The van der Waals surface area contributed by atoms with Crippen molar-refractivity contribution >= 4 is 27.9 Å². The minimum Gasteiger partial charge on any atom is -0.342 e. The Balaban J connectivity index is 1.70.